The lowest BCUT2D eigenvalue weighted by Gasteiger charge is -2.03. The van der Waals surface area contributed by atoms with E-state index in [4.69, 9.17) is 0 Å². The van der Waals surface area contributed by atoms with Crippen molar-refractivity contribution in [3.63, 3.8) is 0 Å². The normalized spacial score (nSPS) is 10.9. The fourth-order valence-corrected chi connectivity index (χ4v) is 1.98. The number of hydrogen-bond acceptors (Lipinski definition) is 5. The number of nitrogens with zero attached hydrogens (tertiary/aromatic N) is 3. The second-order valence-corrected chi connectivity index (χ2v) is 4.51. The Hall–Kier alpha value is -3.28. The van der Waals surface area contributed by atoms with Crippen LogP contribution in [-0.2, 0) is 0 Å². The number of fused-ring (bicyclic) bond motifs is 1. The quantitative estimate of drug-likeness (QED) is 0.571. The second kappa shape index (κ2) is 6.01. The molecule has 22 heavy (non-hydrogen) atoms. The molecule has 2 aromatic heterocycles. The number of rotatable bonds is 3. The summed E-state index contributed by atoms with van der Waals surface area (Å²) in [7, 11) is 0. The van der Waals surface area contributed by atoms with Gasteiger partial charge >= 0.3 is 0 Å². The Labute approximate surface area is 126 Å². The fourth-order valence-electron chi connectivity index (χ4n) is 1.98. The second-order valence-electron chi connectivity index (χ2n) is 4.51. The Morgan fingerprint density at radius 1 is 1.14 bits per heavy atom. The molecule has 3 rings (SSSR count). The number of aromatic nitrogens is 2. The summed E-state index contributed by atoms with van der Waals surface area (Å²) in [4.78, 5) is 19.8. The lowest BCUT2D eigenvalue weighted by Crippen LogP contribution is -2.17. The van der Waals surface area contributed by atoms with Crippen LogP contribution in [-0.4, -0.2) is 27.2 Å². The van der Waals surface area contributed by atoms with Crippen molar-refractivity contribution in [2.45, 2.75) is 0 Å². The van der Waals surface area contributed by atoms with Crippen molar-refractivity contribution in [2.75, 3.05) is 0 Å². The van der Waals surface area contributed by atoms with Crippen molar-refractivity contribution in [3.05, 3.63) is 66.1 Å². The summed E-state index contributed by atoms with van der Waals surface area (Å²) >= 11 is 0. The van der Waals surface area contributed by atoms with Crippen molar-refractivity contribution in [1.82, 2.24) is 15.4 Å². The van der Waals surface area contributed by atoms with E-state index in [0.29, 0.717) is 16.6 Å². The summed E-state index contributed by atoms with van der Waals surface area (Å²) in [5.41, 5.74) is 3.81. The number of phenols is 1. The zero-order chi connectivity index (χ0) is 15.4. The maximum atomic E-state index is 11.8. The van der Waals surface area contributed by atoms with E-state index >= 15 is 0 Å². The Morgan fingerprint density at radius 2 is 1.95 bits per heavy atom. The molecule has 6 nitrogen and oxygen atoms in total. The Balaban J connectivity index is 1.78. The van der Waals surface area contributed by atoms with Gasteiger partial charge in [0.1, 0.15) is 5.52 Å². The fraction of sp³-hybridized carbons (Fsp3) is 0. The number of amides is 1. The van der Waals surface area contributed by atoms with E-state index in [2.05, 4.69) is 20.5 Å². The van der Waals surface area contributed by atoms with Crippen molar-refractivity contribution in [2.24, 2.45) is 5.10 Å². The highest BCUT2D eigenvalue weighted by Crippen LogP contribution is 2.25. The Morgan fingerprint density at radius 3 is 2.77 bits per heavy atom. The molecule has 108 valence electrons. The van der Waals surface area contributed by atoms with E-state index in [-0.39, 0.29) is 11.7 Å². The van der Waals surface area contributed by atoms with Gasteiger partial charge in [0, 0.05) is 35.1 Å². The number of nitrogens with one attached hydrogen (secondary N) is 1. The van der Waals surface area contributed by atoms with Gasteiger partial charge in [0.2, 0.25) is 0 Å². The molecule has 0 aliphatic carbocycles. The van der Waals surface area contributed by atoms with Crippen LogP contribution in [0.4, 0.5) is 0 Å². The highest BCUT2D eigenvalue weighted by atomic mass is 16.3. The number of hydrazone groups is 1. The van der Waals surface area contributed by atoms with Crippen molar-refractivity contribution >= 4 is 23.0 Å². The molecule has 0 atom stereocenters. The number of benzene rings is 1. The molecule has 1 amide bonds. The van der Waals surface area contributed by atoms with Crippen LogP contribution in [0.3, 0.4) is 0 Å². The third-order valence-electron chi connectivity index (χ3n) is 3.09. The monoisotopic (exact) mass is 292 g/mol. The summed E-state index contributed by atoms with van der Waals surface area (Å²) < 4.78 is 0. The van der Waals surface area contributed by atoms with Crippen molar-refractivity contribution < 1.29 is 9.90 Å². The zero-order valence-electron chi connectivity index (χ0n) is 11.5. The van der Waals surface area contributed by atoms with Gasteiger partial charge in [-0.3, -0.25) is 14.8 Å². The lowest BCUT2D eigenvalue weighted by molar-refractivity contribution is 0.0955. The molecule has 0 fully saturated rings. The number of carbonyl (C=O) groups excluding carboxylic acids is 1. The molecule has 0 aliphatic rings. The van der Waals surface area contributed by atoms with E-state index in [1.165, 1.54) is 18.6 Å². The van der Waals surface area contributed by atoms with Gasteiger partial charge in [0.15, 0.2) is 5.75 Å². The Bertz CT molecular complexity index is 847. The first-order chi connectivity index (χ1) is 10.8. The first-order valence-electron chi connectivity index (χ1n) is 6.56. The maximum absolute atomic E-state index is 11.8. The Kier molecular flexibility index (Phi) is 3.74. The molecule has 0 radical (unpaired) electrons. The van der Waals surface area contributed by atoms with Gasteiger partial charge in [-0.05, 0) is 24.3 Å². The van der Waals surface area contributed by atoms with Crippen molar-refractivity contribution in [1.29, 1.82) is 0 Å². The van der Waals surface area contributed by atoms with Gasteiger partial charge in [0.25, 0.3) is 5.91 Å². The van der Waals surface area contributed by atoms with E-state index in [0.717, 1.165) is 5.39 Å². The molecule has 0 aliphatic heterocycles. The van der Waals surface area contributed by atoms with Crippen molar-refractivity contribution in [3.8, 4) is 5.75 Å². The molecule has 0 spiro atoms. The van der Waals surface area contributed by atoms with Gasteiger partial charge < -0.3 is 5.11 Å². The summed E-state index contributed by atoms with van der Waals surface area (Å²) in [6, 6.07) is 10.4. The molecule has 0 bridgehead atoms. The van der Waals surface area contributed by atoms with Gasteiger partial charge in [0.05, 0.1) is 6.21 Å². The van der Waals surface area contributed by atoms with Crippen LogP contribution in [0.5, 0.6) is 5.75 Å². The molecule has 0 unspecified atom stereocenters. The standard InChI is InChI=1S/C16H12N4O2/c21-15-13(4-3-11-2-1-7-18-14(11)15)10-19-20-16(22)12-5-8-17-9-6-12/h1-10,21H,(H,20,22)/b19-10+. The average Bonchev–Trinajstić information content (AvgIpc) is 2.58. The smallest absolute Gasteiger partial charge is 0.271 e. The number of pyridine rings is 2. The van der Waals surface area contributed by atoms with Gasteiger partial charge in [-0.2, -0.15) is 5.10 Å². The van der Waals surface area contributed by atoms with Crippen LogP contribution in [0, 0.1) is 0 Å². The van der Waals surface area contributed by atoms with Crippen LogP contribution >= 0.6 is 0 Å². The van der Waals surface area contributed by atoms with Crippen LogP contribution in [0.1, 0.15) is 15.9 Å². The summed E-state index contributed by atoms with van der Waals surface area (Å²) in [5, 5.41) is 14.8. The third kappa shape index (κ3) is 2.76. The SMILES string of the molecule is O=C(N/N=C/c1ccc2cccnc2c1O)c1ccncc1. The molecule has 0 saturated heterocycles. The number of aromatic hydroxyl groups is 1. The van der Waals surface area contributed by atoms with Gasteiger partial charge in [-0.1, -0.05) is 12.1 Å². The number of phenolic OH excluding ortho intramolecular Hbond substituents is 1. The molecular formula is C16H12N4O2. The number of hydrogen-bond donors (Lipinski definition) is 2. The largest absolute Gasteiger partial charge is 0.505 e. The van der Waals surface area contributed by atoms with E-state index in [9.17, 15) is 9.90 Å². The van der Waals surface area contributed by atoms with Gasteiger partial charge in [-0.15, -0.1) is 0 Å². The van der Waals surface area contributed by atoms with Crippen LogP contribution in [0.25, 0.3) is 10.9 Å². The van der Waals surface area contributed by atoms with Crippen LogP contribution in [0.15, 0.2) is 60.1 Å². The summed E-state index contributed by atoms with van der Waals surface area (Å²) in [6.07, 6.45) is 6.04. The van der Waals surface area contributed by atoms with Crippen LogP contribution < -0.4 is 5.43 Å². The average molecular weight is 292 g/mol. The molecule has 0 saturated carbocycles. The van der Waals surface area contributed by atoms with E-state index < -0.39 is 0 Å². The van der Waals surface area contributed by atoms with E-state index in [1.54, 1.807) is 30.5 Å². The minimum absolute atomic E-state index is 0.0278. The number of carbonyl (C=O) groups is 1. The van der Waals surface area contributed by atoms with E-state index in [1.807, 2.05) is 12.1 Å². The highest BCUT2D eigenvalue weighted by Gasteiger charge is 2.06. The minimum Gasteiger partial charge on any atom is -0.505 e. The first-order valence-corrected chi connectivity index (χ1v) is 6.56. The van der Waals surface area contributed by atoms with Crippen LogP contribution in [0.2, 0.25) is 0 Å². The molecule has 1 aromatic carbocycles. The highest BCUT2D eigenvalue weighted by molar-refractivity contribution is 5.97. The third-order valence-corrected chi connectivity index (χ3v) is 3.09. The molecule has 6 heteroatoms. The lowest BCUT2D eigenvalue weighted by atomic mass is 10.1. The first kappa shape index (κ1) is 13.7. The molecule has 2 heterocycles. The predicted octanol–water partition coefficient (Wildman–Crippen LogP) is 2.10. The molecule has 3 aromatic rings. The maximum Gasteiger partial charge on any atom is 0.271 e. The minimum atomic E-state index is -0.350. The molecular weight excluding hydrogens is 280 g/mol. The topological polar surface area (TPSA) is 87.5 Å². The predicted molar refractivity (Wildman–Crippen MR) is 82.7 cm³/mol. The summed E-state index contributed by atoms with van der Waals surface area (Å²) in [6.45, 7) is 0. The summed E-state index contributed by atoms with van der Waals surface area (Å²) in [5.74, 6) is -0.322. The molecule has 2 N–H and O–H groups in total. The van der Waals surface area contributed by atoms with Gasteiger partial charge in [-0.25, -0.2) is 5.43 Å². The zero-order valence-corrected chi connectivity index (χ0v) is 11.5.